The lowest BCUT2D eigenvalue weighted by atomic mass is 10.2. The van der Waals surface area contributed by atoms with Gasteiger partial charge in [-0.3, -0.25) is 4.79 Å². The van der Waals surface area contributed by atoms with Crippen molar-refractivity contribution in [3.8, 4) is 17.2 Å². The van der Waals surface area contributed by atoms with E-state index in [0.717, 1.165) is 17.3 Å². The maximum atomic E-state index is 13.0. The van der Waals surface area contributed by atoms with E-state index in [0.29, 0.717) is 17.0 Å². The highest BCUT2D eigenvalue weighted by Gasteiger charge is 2.13. The van der Waals surface area contributed by atoms with Gasteiger partial charge in [-0.25, -0.2) is 4.39 Å². The molecule has 8 heteroatoms. The maximum absolute atomic E-state index is 13.0. The summed E-state index contributed by atoms with van der Waals surface area (Å²) in [5.41, 5.74) is 2.23. The number of nitrogens with one attached hydrogen (secondary N) is 1. The molecule has 134 valence electrons. The van der Waals surface area contributed by atoms with Crippen molar-refractivity contribution in [2.45, 2.75) is 12.1 Å². The van der Waals surface area contributed by atoms with Crippen molar-refractivity contribution >= 4 is 23.4 Å². The molecule has 1 aromatic heterocycles. The number of thioether (sulfide) groups is 1. The Hall–Kier alpha value is -2.87. The molecule has 1 N–H and O–H groups in total. The number of hydrogen-bond acceptors (Lipinski definition) is 6. The standard InChI is InChI=1S/C18H16FN3O3S/c1-11-3-8-15(24-2)14(9-11)20-16(23)10-26-18-22-21-17(25-18)12-4-6-13(19)7-5-12/h3-9H,10H2,1-2H3,(H,20,23). The molecule has 3 rings (SSSR count). The van der Waals surface area contributed by atoms with Crippen LogP contribution in [0.2, 0.25) is 0 Å². The van der Waals surface area contributed by atoms with Crippen LogP contribution in [0, 0.1) is 12.7 Å². The van der Waals surface area contributed by atoms with Gasteiger partial charge in [0.25, 0.3) is 5.22 Å². The Balaban J connectivity index is 1.60. The molecule has 0 spiro atoms. The SMILES string of the molecule is COc1ccc(C)cc1NC(=O)CSc1nnc(-c2ccc(F)cc2)o1. The van der Waals surface area contributed by atoms with E-state index in [9.17, 15) is 9.18 Å². The smallest absolute Gasteiger partial charge is 0.277 e. The van der Waals surface area contributed by atoms with Gasteiger partial charge < -0.3 is 14.5 Å². The number of carbonyl (C=O) groups is 1. The fourth-order valence-electron chi connectivity index (χ4n) is 2.21. The van der Waals surface area contributed by atoms with Crippen LogP contribution in [0.15, 0.2) is 52.1 Å². The Labute approximate surface area is 153 Å². The molecule has 26 heavy (non-hydrogen) atoms. The highest BCUT2D eigenvalue weighted by atomic mass is 32.2. The molecule has 0 radical (unpaired) electrons. The van der Waals surface area contributed by atoms with Crippen molar-refractivity contribution in [1.29, 1.82) is 0 Å². The molecule has 2 aromatic carbocycles. The first-order valence-electron chi connectivity index (χ1n) is 7.72. The van der Waals surface area contributed by atoms with E-state index in [-0.39, 0.29) is 28.6 Å². The Morgan fingerprint density at radius 2 is 2.00 bits per heavy atom. The molecule has 0 atom stereocenters. The van der Waals surface area contributed by atoms with Crippen LogP contribution in [-0.4, -0.2) is 29.0 Å². The number of methoxy groups -OCH3 is 1. The van der Waals surface area contributed by atoms with Gasteiger partial charge in [0.15, 0.2) is 0 Å². The van der Waals surface area contributed by atoms with Gasteiger partial charge in [-0.05, 0) is 48.9 Å². The van der Waals surface area contributed by atoms with E-state index in [1.807, 2.05) is 19.1 Å². The highest BCUT2D eigenvalue weighted by molar-refractivity contribution is 7.99. The van der Waals surface area contributed by atoms with Gasteiger partial charge in [0.2, 0.25) is 11.8 Å². The van der Waals surface area contributed by atoms with Gasteiger partial charge in [0, 0.05) is 5.56 Å². The Bertz CT molecular complexity index is 912. The van der Waals surface area contributed by atoms with Crippen molar-refractivity contribution in [3.63, 3.8) is 0 Å². The van der Waals surface area contributed by atoms with Crippen LogP contribution in [0.4, 0.5) is 10.1 Å². The monoisotopic (exact) mass is 373 g/mol. The summed E-state index contributed by atoms with van der Waals surface area (Å²) in [6.45, 7) is 1.93. The number of aryl methyl sites for hydroxylation is 1. The first-order valence-corrected chi connectivity index (χ1v) is 8.70. The van der Waals surface area contributed by atoms with Crippen molar-refractivity contribution in [2.75, 3.05) is 18.2 Å². The van der Waals surface area contributed by atoms with Crippen LogP contribution >= 0.6 is 11.8 Å². The average Bonchev–Trinajstić information content (AvgIpc) is 3.10. The maximum Gasteiger partial charge on any atom is 0.277 e. The van der Waals surface area contributed by atoms with Crippen molar-refractivity contribution in [2.24, 2.45) is 0 Å². The molecule has 0 unspecified atom stereocenters. The van der Waals surface area contributed by atoms with Crippen molar-refractivity contribution in [3.05, 3.63) is 53.8 Å². The van der Waals surface area contributed by atoms with Crippen LogP contribution < -0.4 is 10.1 Å². The number of halogens is 1. The molecule has 6 nitrogen and oxygen atoms in total. The number of aromatic nitrogens is 2. The topological polar surface area (TPSA) is 77.2 Å². The minimum Gasteiger partial charge on any atom is -0.495 e. The summed E-state index contributed by atoms with van der Waals surface area (Å²) in [7, 11) is 1.55. The minimum atomic E-state index is -0.342. The van der Waals surface area contributed by atoms with Gasteiger partial charge in [0.1, 0.15) is 11.6 Å². The number of rotatable bonds is 6. The Morgan fingerprint density at radius 1 is 1.23 bits per heavy atom. The summed E-state index contributed by atoms with van der Waals surface area (Å²) in [6.07, 6.45) is 0. The van der Waals surface area contributed by atoms with E-state index in [1.54, 1.807) is 25.3 Å². The molecule has 1 amide bonds. The first-order chi connectivity index (χ1) is 12.5. The molecule has 0 bridgehead atoms. The van der Waals surface area contributed by atoms with Crippen molar-refractivity contribution < 1.29 is 18.3 Å². The molecule has 0 aliphatic rings. The molecule has 0 aliphatic heterocycles. The van der Waals surface area contributed by atoms with Gasteiger partial charge in [0.05, 0.1) is 18.6 Å². The van der Waals surface area contributed by atoms with E-state index in [1.165, 1.54) is 12.1 Å². The number of ether oxygens (including phenoxy) is 1. The van der Waals surface area contributed by atoms with Gasteiger partial charge in [-0.1, -0.05) is 17.8 Å². The van der Waals surface area contributed by atoms with Gasteiger partial charge in [-0.15, -0.1) is 10.2 Å². The minimum absolute atomic E-state index is 0.0994. The zero-order chi connectivity index (χ0) is 18.5. The lowest BCUT2D eigenvalue weighted by Gasteiger charge is -2.10. The quantitative estimate of drug-likeness (QED) is 0.660. The van der Waals surface area contributed by atoms with Crippen LogP contribution in [0.5, 0.6) is 5.75 Å². The van der Waals surface area contributed by atoms with Gasteiger partial charge >= 0.3 is 0 Å². The summed E-state index contributed by atoms with van der Waals surface area (Å²) in [5.74, 6) is 0.396. The Morgan fingerprint density at radius 3 is 2.73 bits per heavy atom. The fraction of sp³-hybridized carbons (Fsp3) is 0.167. The number of amides is 1. The second-order valence-corrected chi connectivity index (χ2v) is 6.35. The van der Waals surface area contributed by atoms with Gasteiger partial charge in [-0.2, -0.15) is 0 Å². The predicted molar refractivity (Wildman–Crippen MR) is 96.8 cm³/mol. The van der Waals surface area contributed by atoms with Crippen LogP contribution in [-0.2, 0) is 4.79 Å². The lowest BCUT2D eigenvalue weighted by molar-refractivity contribution is -0.113. The second kappa shape index (κ2) is 8.01. The normalized spacial score (nSPS) is 10.6. The number of anilines is 1. The predicted octanol–water partition coefficient (Wildman–Crippen LogP) is 3.92. The van der Waals surface area contributed by atoms with Crippen LogP contribution in [0.1, 0.15) is 5.56 Å². The highest BCUT2D eigenvalue weighted by Crippen LogP contribution is 2.26. The third-order valence-corrected chi connectivity index (χ3v) is 4.27. The number of carbonyl (C=O) groups excluding carboxylic acids is 1. The first kappa shape index (κ1) is 17.9. The average molecular weight is 373 g/mol. The zero-order valence-electron chi connectivity index (χ0n) is 14.2. The summed E-state index contributed by atoms with van der Waals surface area (Å²) >= 11 is 1.12. The van der Waals surface area contributed by atoms with E-state index in [2.05, 4.69) is 15.5 Å². The van der Waals surface area contributed by atoms with Crippen molar-refractivity contribution in [1.82, 2.24) is 10.2 Å². The Kier molecular flexibility index (Phi) is 5.52. The number of benzene rings is 2. The molecular weight excluding hydrogens is 357 g/mol. The van der Waals surface area contributed by atoms with Crippen LogP contribution in [0.3, 0.4) is 0 Å². The van der Waals surface area contributed by atoms with Crippen LogP contribution in [0.25, 0.3) is 11.5 Å². The molecule has 1 heterocycles. The second-order valence-electron chi connectivity index (χ2n) is 5.42. The fourth-order valence-corrected chi connectivity index (χ4v) is 2.77. The lowest BCUT2D eigenvalue weighted by Crippen LogP contribution is -2.14. The summed E-state index contributed by atoms with van der Waals surface area (Å²) in [4.78, 5) is 12.2. The zero-order valence-corrected chi connectivity index (χ0v) is 15.0. The third-order valence-electron chi connectivity index (χ3n) is 3.45. The summed E-state index contributed by atoms with van der Waals surface area (Å²) in [5, 5.41) is 10.9. The van der Waals surface area contributed by atoms with E-state index in [4.69, 9.17) is 9.15 Å². The third kappa shape index (κ3) is 4.40. The summed E-state index contributed by atoms with van der Waals surface area (Å²) in [6, 6.07) is 11.3. The largest absolute Gasteiger partial charge is 0.495 e. The molecule has 0 saturated carbocycles. The molecule has 0 aliphatic carbocycles. The number of hydrogen-bond donors (Lipinski definition) is 1. The molecule has 3 aromatic rings. The van der Waals surface area contributed by atoms with E-state index < -0.39 is 0 Å². The number of nitrogens with zero attached hydrogens (tertiary/aromatic N) is 2. The molecular formula is C18H16FN3O3S. The summed E-state index contributed by atoms with van der Waals surface area (Å²) < 4.78 is 23.7. The van der Waals surface area contributed by atoms with E-state index >= 15 is 0 Å². The molecule has 0 saturated heterocycles. The molecule has 0 fully saturated rings.